The number of alkyl carbamates (subject to hydrolysis) is 1. The second kappa shape index (κ2) is 8.52. The zero-order chi connectivity index (χ0) is 19.3. The van der Waals surface area contributed by atoms with E-state index in [-0.39, 0.29) is 11.6 Å². The standard InChI is InChI=1S/C20H23ClFNO3/c1-20(2,3)26-19(25)23-16(12-24)10-13-4-6-14(7-5-13)15-8-9-18(22)17(21)11-15/h4-9,11,16,24H,10,12H2,1-3H3,(H,23,25)/t16-/m1/s1. The van der Waals surface area contributed by atoms with Crippen molar-refractivity contribution in [2.24, 2.45) is 0 Å². The molecule has 0 saturated heterocycles. The molecule has 0 saturated carbocycles. The molecule has 1 atom stereocenters. The molecule has 0 aromatic heterocycles. The minimum absolute atomic E-state index is 0.0773. The summed E-state index contributed by atoms with van der Waals surface area (Å²) in [6.07, 6.45) is -0.102. The fourth-order valence-electron chi connectivity index (χ4n) is 2.43. The lowest BCUT2D eigenvalue weighted by molar-refractivity contribution is 0.0483. The maximum atomic E-state index is 13.3. The van der Waals surface area contributed by atoms with E-state index in [0.29, 0.717) is 6.42 Å². The Morgan fingerprint density at radius 1 is 1.19 bits per heavy atom. The number of nitrogens with one attached hydrogen (secondary N) is 1. The molecular formula is C20H23ClFNO3. The number of benzene rings is 2. The highest BCUT2D eigenvalue weighted by Gasteiger charge is 2.19. The number of carbonyl (C=O) groups excluding carboxylic acids is 1. The normalized spacial score (nSPS) is 12.5. The molecule has 2 aromatic carbocycles. The van der Waals surface area contributed by atoms with Crippen LogP contribution in [0.2, 0.25) is 5.02 Å². The summed E-state index contributed by atoms with van der Waals surface area (Å²) in [4.78, 5) is 11.8. The second-order valence-electron chi connectivity index (χ2n) is 7.06. The Labute approximate surface area is 157 Å². The van der Waals surface area contributed by atoms with E-state index >= 15 is 0 Å². The number of ether oxygens (including phenoxy) is 1. The quantitative estimate of drug-likeness (QED) is 0.799. The van der Waals surface area contributed by atoms with Crippen LogP contribution in [0.5, 0.6) is 0 Å². The highest BCUT2D eigenvalue weighted by atomic mass is 35.5. The summed E-state index contributed by atoms with van der Waals surface area (Å²) in [5.41, 5.74) is 2.06. The number of hydrogen-bond acceptors (Lipinski definition) is 3. The fraction of sp³-hybridized carbons (Fsp3) is 0.350. The molecule has 26 heavy (non-hydrogen) atoms. The number of aliphatic hydroxyl groups excluding tert-OH is 1. The third-order valence-corrected chi connectivity index (χ3v) is 3.92. The molecule has 0 aliphatic heterocycles. The molecule has 4 nitrogen and oxygen atoms in total. The topological polar surface area (TPSA) is 58.6 Å². The predicted octanol–water partition coefficient (Wildman–Crippen LogP) is 4.57. The smallest absolute Gasteiger partial charge is 0.407 e. The van der Waals surface area contributed by atoms with Crippen molar-refractivity contribution < 1.29 is 19.0 Å². The lowest BCUT2D eigenvalue weighted by Gasteiger charge is -2.22. The molecule has 1 amide bonds. The summed E-state index contributed by atoms with van der Waals surface area (Å²) in [6.45, 7) is 5.14. The van der Waals surface area contributed by atoms with Crippen LogP contribution in [0.25, 0.3) is 11.1 Å². The average Bonchev–Trinajstić information content (AvgIpc) is 2.55. The minimum Gasteiger partial charge on any atom is -0.444 e. The van der Waals surface area contributed by atoms with E-state index < -0.39 is 23.6 Å². The summed E-state index contributed by atoms with van der Waals surface area (Å²) >= 11 is 5.82. The van der Waals surface area contributed by atoms with Crippen LogP contribution < -0.4 is 5.32 Å². The van der Waals surface area contributed by atoms with Gasteiger partial charge in [-0.2, -0.15) is 0 Å². The minimum atomic E-state index is -0.595. The lowest BCUT2D eigenvalue weighted by Crippen LogP contribution is -2.42. The van der Waals surface area contributed by atoms with E-state index in [1.165, 1.54) is 6.07 Å². The van der Waals surface area contributed by atoms with E-state index in [9.17, 15) is 14.3 Å². The van der Waals surface area contributed by atoms with E-state index in [1.807, 2.05) is 24.3 Å². The van der Waals surface area contributed by atoms with E-state index in [0.717, 1.165) is 16.7 Å². The van der Waals surface area contributed by atoms with Gasteiger partial charge in [0.2, 0.25) is 0 Å². The number of carbonyl (C=O) groups is 1. The van der Waals surface area contributed by atoms with Gasteiger partial charge in [0.25, 0.3) is 0 Å². The van der Waals surface area contributed by atoms with Gasteiger partial charge in [-0.15, -0.1) is 0 Å². The molecular weight excluding hydrogens is 357 g/mol. The Morgan fingerprint density at radius 2 is 1.81 bits per heavy atom. The number of rotatable bonds is 5. The van der Waals surface area contributed by atoms with Crippen molar-refractivity contribution in [3.8, 4) is 11.1 Å². The monoisotopic (exact) mass is 379 g/mol. The molecule has 2 aromatic rings. The van der Waals surface area contributed by atoms with Crippen LogP contribution in [0.15, 0.2) is 42.5 Å². The summed E-state index contributed by atoms with van der Waals surface area (Å²) in [7, 11) is 0. The third-order valence-electron chi connectivity index (χ3n) is 3.63. The number of hydrogen-bond donors (Lipinski definition) is 2. The summed E-state index contributed by atoms with van der Waals surface area (Å²) in [5, 5.41) is 12.2. The average molecular weight is 380 g/mol. The number of halogens is 2. The maximum Gasteiger partial charge on any atom is 0.407 e. The van der Waals surface area contributed by atoms with Gasteiger partial charge in [0.1, 0.15) is 11.4 Å². The molecule has 0 fully saturated rings. The molecule has 0 radical (unpaired) electrons. The Kier molecular flexibility index (Phi) is 6.62. The zero-order valence-corrected chi connectivity index (χ0v) is 15.8. The van der Waals surface area contributed by atoms with Crippen LogP contribution in [0, 0.1) is 5.82 Å². The van der Waals surface area contributed by atoms with Crippen molar-refractivity contribution in [3.05, 3.63) is 58.9 Å². The molecule has 0 bridgehead atoms. The first-order valence-corrected chi connectivity index (χ1v) is 8.70. The summed E-state index contributed by atoms with van der Waals surface area (Å²) in [5.74, 6) is -0.453. The highest BCUT2D eigenvalue weighted by molar-refractivity contribution is 6.31. The van der Waals surface area contributed by atoms with Gasteiger partial charge in [-0.3, -0.25) is 0 Å². The van der Waals surface area contributed by atoms with Gasteiger partial charge in [-0.25, -0.2) is 9.18 Å². The molecule has 140 valence electrons. The van der Waals surface area contributed by atoms with Crippen LogP contribution in [-0.2, 0) is 11.2 Å². The molecule has 2 N–H and O–H groups in total. The van der Waals surface area contributed by atoms with E-state index in [4.69, 9.17) is 16.3 Å². The molecule has 0 aliphatic carbocycles. The van der Waals surface area contributed by atoms with Gasteiger partial charge >= 0.3 is 6.09 Å². The first kappa shape index (κ1) is 20.2. The molecule has 2 rings (SSSR count). The Morgan fingerprint density at radius 3 is 2.35 bits per heavy atom. The molecule has 6 heteroatoms. The Bertz CT molecular complexity index is 757. The van der Waals surface area contributed by atoms with Crippen LogP contribution in [0.3, 0.4) is 0 Å². The van der Waals surface area contributed by atoms with Crippen molar-refractivity contribution in [1.29, 1.82) is 0 Å². The van der Waals surface area contributed by atoms with E-state index in [2.05, 4.69) is 5.32 Å². The third kappa shape index (κ3) is 6.00. The number of amides is 1. The predicted molar refractivity (Wildman–Crippen MR) is 101 cm³/mol. The van der Waals surface area contributed by atoms with Gasteiger partial charge in [0.15, 0.2) is 0 Å². The first-order valence-electron chi connectivity index (χ1n) is 8.32. The molecule has 0 heterocycles. The van der Waals surface area contributed by atoms with Crippen LogP contribution in [0.1, 0.15) is 26.3 Å². The van der Waals surface area contributed by atoms with Crippen molar-refractivity contribution in [1.82, 2.24) is 5.32 Å². The van der Waals surface area contributed by atoms with Crippen LogP contribution in [0.4, 0.5) is 9.18 Å². The Balaban J connectivity index is 2.02. The van der Waals surface area contributed by atoms with Crippen LogP contribution in [-0.4, -0.2) is 29.4 Å². The van der Waals surface area contributed by atoms with E-state index in [1.54, 1.807) is 32.9 Å². The largest absolute Gasteiger partial charge is 0.444 e. The van der Waals surface area contributed by atoms with Crippen LogP contribution >= 0.6 is 11.6 Å². The summed E-state index contributed by atoms with van der Waals surface area (Å²) in [6, 6.07) is 11.7. The van der Waals surface area contributed by atoms with Gasteiger partial charge in [-0.05, 0) is 56.0 Å². The highest BCUT2D eigenvalue weighted by Crippen LogP contribution is 2.25. The van der Waals surface area contributed by atoms with Crippen molar-refractivity contribution in [2.75, 3.05) is 6.61 Å². The SMILES string of the molecule is CC(C)(C)OC(=O)N[C@@H](CO)Cc1ccc(-c2ccc(F)c(Cl)c2)cc1. The molecule has 0 aliphatic rings. The molecule has 0 unspecified atom stereocenters. The van der Waals surface area contributed by atoms with Crippen molar-refractivity contribution >= 4 is 17.7 Å². The Hall–Kier alpha value is -2.11. The summed E-state index contributed by atoms with van der Waals surface area (Å²) < 4.78 is 18.5. The zero-order valence-electron chi connectivity index (χ0n) is 15.1. The van der Waals surface area contributed by atoms with Crippen molar-refractivity contribution in [3.63, 3.8) is 0 Å². The van der Waals surface area contributed by atoms with Gasteiger partial charge in [0, 0.05) is 0 Å². The lowest BCUT2D eigenvalue weighted by atomic mass is 10.0. The first-order chi connectivity index (χ1) is 12.2. The van der Waals surface area contributed by atoms with Gasteiger partial charge < -0.3 is 15.2 Å². The number of aliphatic hydroxyl groups is 1. The van der Waals surface area contributed by atoms with Gasteiger partial charge in [0.05, 0.1) is 17.7 Å². The molecule has 0 spiro atoms. The maximum absolute atomic E-state index is 13.3. The second-order valence-corrected chi connectivity index (χ2v) is 7.46. The fourth-order valence-corrected chi connectivity index (χ4v) is 2.61. The van der Waals surface area contributed by atoms with Gasteiger partial charge in [-0.1, -0.05) is 41.9 Å². The van der Waals surface area contributed by atoms with Crippen molar-refractivity contribution in [2.45, 2.75) is 38.8 Å².